The zero-order valence-corrected chi connectivity index (χ0v) is 45.4. The first-order valence-electron chi connectivity index (χ1n) is 27.2. The van der Waals surface area contributed by atoms with Gasteiger partial charge in [0.2, 0.25) is 35.4 Å². The van der Waals surface area contributed by atoms with Crippen LogP contribution in [0.5, 0.6) is 11.5 Å². The van der Waals surface area contributed by atoms with Crippen LogP contribution in [0.3, 0.4) is 0 Å². The molecule has 436 valence electrons. The highest BCUT2D eigenvalue weighted by Gasteiger charge is 2.50. The summed E-state index contributed by atoms with van der Waals surface area (Å²) in [6.07, 6.45) is -11.1. The molecule has 0 saturated carbocycles. The van der Waals surface area contributed by atoms with Crippen LogP contribution in [0.2, 0.25) is 0 Å². The molecule has 0 aromatic heterocycles. The summed E-state index contributed by atoms with van der Waals surface area (Å²) in [5, 5.41) is 101. The minimum atomic E-state index is -2.26. The Balaban J connectivity index is 1.16. The number of hydrogen-bond donors (Lipinski definition) is 13. The van der Waals surface area contributed by atoms with Gasteiger partial charge in [0.25, 0.3) is 5.91 Å². The van der Waals surface area contributed by atoms with Gasteiger partial charge in [-0.1, -0.05) is 87.4 Å². The van der Waals surface area contributed by atoms with Crippen molar-refractivity contribution in [3.8, 4) is 33.8 Å². The first-order valence-corrected chi connectivity index (χ1v) is 27.2. The number of nitrogens with one attached hydrogen (secondary N) is 5. The predicted molar refractivity (Wildman–Crippen MR) is 292 cm³/mol. The highest BCUT2D eigenvalue weighted by Crippen LogP contribution is 2.30. The molecule has 0 bridgehead atoms. The Morgan fingerprint density at radius 2 is 1.20 bits per heavy atom. The summed E-state index contributed by atoms with van der Waals surface area (Å²) in [5.41, 5.74) is 3.50. The minimum absolute atomic E-state index is 0.0332. The van der Waals surface area contributed by atoms with Gasteiger partial charge in [-0.25, -0.2) is 0 Å². The number of aliphatic hydroxyl groups is 7. The SMILES string of the molecule is CCCCCOc1ccc(-c2ccc(-c3ccc(C(=O)N[C@@H]4C[C@@H](O)C(O)NC(=O)[C@@H]5C(O)C(C)CN5C(=O)[C@H](C(C)O)NC(=O)[C@H](C(O)C(O)c5ccc(O)cc5)NC(=O)[C@@H]5CCCN5C(=O)[C@H](C(C)O)NC4=O)cc3)cc2)cc1. The van der Waals surface area contributed by atoms with E-state index in [1.165, 1.54) is 43.3 Å². The van der Waals surface area contributed by atoms with Gasteiger partial charge in [0.15, 0.2) is 6.23 Å². The lowest BCUT2D eigenvalue weighted by molar-refractivity contribution is -0.148. The Labute approximate surface area is 468 Å². The zero-order chi connectivity index (χ0) is 58.8. The number of unbranched alkanes of at least 4 members (excludes halogenated alkanes) is 2. The van der Waals surface area contributed by atoms with E-state index in [1.807, 2.05) is 48.5 Å². The van der Waals surface area contributed by atoms with Gasteiger partial charge in [-0.05, 0) is 97.3 Å². The maximum atomic E-state index is 14.4. The molecule has 3 aliphatic rings. The fraction of sp³-hybridized carbons (Fsp3) is 0.466. The third-order valence-electron chi connectivity index (χ3n) is 15.0. The van der Waals surface area contributed by atoms with Crippen molar-refractivity contribution in [2.45, 2.75) is 145 Å². The number of ether oxygens (including phenoxy) is 1. The molecule has 23 heteroatoms. The first kappa shape index (κ1) is 61.1. The second-order valence-corrected chi connectivity index (χ2v) is 21.1. The summed E-state index contributed by atoms with van der Waals surface area (Å²) in [7, 11) is 0. The minimum Gasteiger partial charge on any atom is -0.508 e. The number of amides is 7. The van der Waals surface area contributed by atoms with Crippen molar-refractivity contribution in [2.75, 3.05) is 19.7 Å². The molecular weight excluding hydrogens is 1050 g/mol. The summed E-state index contributed by atoms with van der Waals surface area (Å²) < 4.78 is 5.84. The van der Waals surface area contributed by atoms with Crippen molar-refractivity contribution in [2.24, 2.45) is 5.92 Å². The number of aromatic hydroxyl groups is 1. The van der Waals surface area contributed by atoms with Crippen molar-refractivity contribution < 1.29 is 79.2 Å². The average Bonchev–Trinajstić information content (AvgIpc) is 4.09. The summed E-state index contributed by atoms with van der Waals surface area (Å²) >= 11 is 0. The monoisotopic (exact) mass is 1120 g/mol. The van der Waals surface area contributed by atoms with E-state index in [9.17, 15) is 74.4 Å². The van der Waals surface area contributed by atoms with Crippen LogP contribution in [-0.2, 0) is 28.8 Å². The normalized spacial score (nSPS) is 26.8. The fourth-order valence-corrected chi connectivity index (χ4v) is 10.2. The number of benzene rings is 4. The summed E-state index contributed by atoms with van der Waals surface area (Å²) in [6, 6.07) is 15.6. The van der Waals surface area contributed by atoms with Gasteiger partial charge in [0.05, 0.1) is 24.9 Å². The number of nitrogens with zero attached hydrogens (tertiary/aromatic N) is 2. The van der Waals surface area contributed by atoms with Crippen molar-refractivity contribution >= 4 is 41.4 Å². The van der Waals surface area contributed by atoms with Gasteiger partial charge < -0.3 is 82.0 Å². The van der Waals surface area contributed by atoms with Crippen molar-refractivity contribution in [3.63, 3.8) is 0 Å². The molecule has 3 fully saturated rings. The lowest BCUT2D eigenvalue weighted by Gasteiger charge is -2.34. The Kier molecular flexibility index (Phi) is 20.6. The molecule has 7 amide bonds. The van der Waals surface area contributed by atoms with E-state index >= 15 is 0 Å². The molecule has 7 unspecified atom stereocenters. The van der Waals surface area contributed by atoms with E-state index in [0.717, 1.165) is 70.9 Å². The van der Waals surface area contributed by atoms with Crippen LogP contribution in [0.15, 0.2) is 97.1 Å². The molecule has 3 heterocycles. The summed E-state index contributed by atoms with van der Waals surface area (Å²) in [4.78, 5) is 102. The largest absolute Gasteiger partial charge is 0.508 e. The summed E-state index contributed by atoms with van der Waals surface area (Å²) in [6.45, 7) is 6.07. The molecule has 0 spiro atoms. The molecule has 14 atom stereocenters. The number of carbonyl (C=O) groups is 7. The van der Waals surface area contributed by atoms with Crippen molar-refractivity contribution in [1.82, 2.24) is 36.4 Å². The number of phenols is 1. The van der Waals surface area contributed by atoms with Crippen LogP contribution in [0, 0.1) is 5.92 Å². The molecule has 0 aliphatic carbocycles. The highest BCUT2D eigenvalue weighted by molar-refractivity contribution is 6.00. The highest BCUT2D eigenvalue weighted by atomic mass is 16.5. The second-order valence-electron chi connectivity index (χ2n) is 21.1. The standard InChI is InChI=1S/C58H73N7O16/c1-5-6-7-27-81-40-24-20-36(21-25-40)34-12-10-33(11-13-34)35-14-16-38(17-15-35)51(73)59-41-28-43(69)54(76)63-56(78)47-48(70)30(2)29-65(47)58(80)45(32(4)67)61-55(77)46(50(72)49(71)37-18-22-39(68)23-19-37)62-53(75)42-9-8-26-64(42)57(79)44(31(3)66)60-52(41)74/h10-25,30-32,41-50,54,66-72,76H,5-9,26-29H2,1-4H3,(H,59,73)(H,60,74)(H,61,77)(H,62,75)(H,63,78)/t30?,31?,32?,41-,42+,43-,44+,45+,46+,47+,48?,49?,50?,54?/m1/s1. The van der Waals surface area contributed by atoms with Crippen LogP contribution in [0.1, 0.15) is 88.2 Å². The molecular formula is C58H73N7O16. The lowest BCUT2D eigenvalue weighted by atomic mass is 9.96. The Morgan fingerprint density at radius 1 is 0.667 bits per heavy atom. The number of carbonyl (C=O) groups excluding carboxylic acids is 7. The van der Waals surface area contributed by atoms with Gasteiger partial charge in [-0.15, -0.1) is 0 Å². The number of fused-ring (bicyclic) bond motifs is 2. The third kappa shape index (κ3) is 14.7. The van der Waals surface area contributed by atoms with E-state index in [0.29, 0.717) is 6.61 Å². The maximum absolute atomic E-state index is 14.4. The molecule has 23 nitrogen and oxygen atoms in total. The zero-order valence-electron chi connectivity index (χ0n) is 45.4. The van der Waals surface area contributed by atoms with E-state index < -0.39 is 133 Å². The van der Waals surface area contributed by atoms with Gasteiger partial charge in [0, 0.05) is 31.0 Å². The molecule has 4 aromatic carbocycles. The van der Waals surface area contributed by atoms with Gasteiger partial charge in [-0.3, -0.25) is 33.6 Å². The van der Waals surface area contributed by atoms with Gasteiger partial charge in [-0.2, -0.15) is 0 Å². The fourth-order valence-electron chi connectivity index (χ4n) is 10.2. The van der Waals surface area contributed by atoms with Gasteiger partial charge in [0.1, 0.15) is 66.1 Å². The predicted octanol–water partition coefficient (Wildman–Crippen LogP) is 0.102. The quantitative estimate of drug-likeness (QED) is 0.0745. The van der Waals surface area contributed by atoms with Crippen LogP contribution in [0.25, 0.3) is 22.3 Å². The molecule has 4 aromatic rings. The smallest absolute Gasteiger partial charge is 0.251 e. The van der Waals surface area contributed by atoms with E-state index in [2.05, 4.69) is 33.5 Å². The van der Waals surface area contributed by atoms with Crippen LogP contribution in [0.4, 0.5) is 0 Å². The first-order chi connectivity index (χ1) is 38.6. The Morgan fingerprint density at radius 3 is 1.77 bits per heavy atom. The molecule has 13 N–H and O–H groups in total. The van der Waals surface area contributed by atoms with E-state index in [4.69, 9.17) is 4.74 Å². The van der Waals surface area contributed by atoms with Crippen molar-refractivity contribution in [1.29, 1.82) is 0 Å². The Hall–Kier alpha value is -7.51. The number of aliphatic hydroxyl groups excluding tert-OH is 7. The van der Waals surface area contributed by atoms with Crippen LogP contribution in [-0.4, -0.2) is 185 Å². The topological polar surface area (TPSA) is 357 Å². The van der Waals surface area contributed by atoms with Crippen molar-refractivity contribution in [3.05, 3.63) is 108 Å². The molecule has 0 radical (unpaired) electrons. The van der Waals surface area contributed by atoms with Crippen LogP contribution >= 0.6 is 0 Å². The van der Waals surface area contributed by atoms with Crippen LogP contribution < -0.4 is 31.3 Å². The average molecular weight is 1120 g/mol. The number of phenolic OH excluding ortho intramolecular Hbond substituents is 1. The molecule has 81 heavy (non-hydrogen) atoms. The number of rotatable bonds is 14. The lowest BCUT2D eigenvalue weighted by Crippen LogP contribution is -2.64. The summed E-state index contributed by atoms with van der Waals surface area (Å²) in [5.74, 6) is -8.08. The second kappa shape index (κ2) is 27.3. The van der Waals surface area contributed by atoms with E-state index in [1.54, 1.807) is 12.1 Å². The third-order valence-corrected chi connectivity index (χ3v) is 15.0. The molecule has 3 aliphatic heterocycles. The van der Waals surface area contributed by atoms with E-state index in [-0.39, 0.29) is 42.8 Å². The molecule has 7 rings (SSSR count). The molecule has 3 saturated heterocycles. The van der Waals surface area contributed by atoms with Gasteiger partial charge >= 0.3 is 0 Å². The Bertz CT molecular complexity index is 2840. The maximum Gasteiger partial charge on any atom is 0.251 e. The number of hydrogen-bond acceptors (Lipinski definition) is 16.